The van der Waals surface area contributed by atoms with Crippen LogP contribution in [0.1, 0.15) is 18.4 Å². The Morgan fingerprint density at radius 1 is 1.37 bits per heavy atom. The molecule has 1 unspecified atom stereocenters. The first-order valence-electron chi connectivity index (χ1n) is 5.80. The first-order valence-corrected chi connectivity index (χ1v) is 6.68. The van der Waals surface area contributed by atoms with Crippen molar-refractivity contribution in [3.8, 4) is 0 Å². The summed E-state index contributed by atoms with van der Waals surface area (Å²) in [5, 5.41) is 7.88. The Kier molecular flexibility index (Phi) is 4.57. The molecule has 5 nitrogen and oxygen atoms in total. The lowest BCUT2D eigenvalue weighted by atomic mass is 10.2. The molecule has 0 aliphatic rings. The summed E-state index contributed by atoms with van der Waals surface area (Å²) in [5.74, 6) is 0.221. The Morgan fingerprint density at radius 2 is 2.11 bits per heavy atom. The quantitative estimate of drug-likeness (QED) is 0.617. The molecule has 0 fully saturated rings. The number of hydrogen-bond acceptors (Lipinski definition) is 6. The lowest BCUT2D eigenvalue weighted by molar-refractivity contribution is -0.139. The van der Waals surface area contributed by atoms with Gasteiger partial charge in [0.2, 0.25) is 5.89 Å². The summed E-state index contributed by atoms with van der Waals surface area (Å²) < 4.78 is 10.1. The number of aromatic nitrogens is 2. The standard InChI is InChI=1S/C13H14N2O3S/c1-9(12(16)17-2)19-13-15-14-11(18-13)8-10-6-4-3-5-7-10/h3-7,9H,8H2,1-2H3. The summed E-state index contributed by atoms with van der Waals surface area (Å²) in [6, 6.07) is 9.86. The van der Waals surface area contributed by atoms with Crippen LogP contribution in [-0.2, 0) is 16.0 Å². The van der Waals surface area contributed by atoms with Crippen molar-refractivity contribution < 1.29 is 13.9 Å². The Labute approximate surface area is 115 Å². The molecule has 0 N–H and O–H groups in total. The normalized spacial score (nSPS) is 12.1. The molecule has 0 bridgehead atoms. The lowest BCUT2D eigenvalue weighted by Gasteiger charge is -2.04. The fourth-order valence-corrected chi connectivity index (χ4v) is 2.22. The van der Waals surface area contributed by atoms with Gasteiger partial charge < -0.3 is 9.15 Å². The van der Waals surface area contributed by atoms with Crippen molar-refractivity contribution in [3.63, 3.8) is 0 Å². The zero-order chi connectivity index (χ0) is 13.7. The molecule has 0 amide bonds. The van der Waals surface area contributed by atoms with E-state index < -0.39 is 0 Å². The van der Waals surface area contributed by atoms with Gasteiger partial charge in [0.05, 0.1) is 13.5 Å². The molecule has 2 aromatic rings. The van der Waals surface area contributed by atoms with Crippen LogP contribution in [0.25, 0.3) is 0 Å². The largest absolute Gasteiger partial charge is 0.468 e. The number of esters is 1. The number of rotatable bonds is 5. The minimum atomic E-state index is -0.366. The van der Waals surface area contributed by atoms with Crippen LogP contribution in [0.3, 0.4) is 0 Å². The van der Waals surface area contributed by atoms with Crippen LogP contribution in [0.15, 0.2) is 40.0 Å². The summed E-state index contributed by atoms with van der Waals surface area (Å²) in [4.78, 5) is 11.3. The second kappa shape index (κ2) is 6.38. The van der Waals surface area contributed by atoms with Gasteiger partial charge in [0, 0.05) is 0 Å². The van der Waals surface area contributed by atoms with Crippen LogP contribution < -0.4 is 0 Å². The second-order valence-corrected chi connectivity index (χ2v) is 5.20. The second-order valence-electron chi connectivity index (χ2n) is 3.91. The average molecular weight is 278 g/mol. The summed E-state index contributed by atoms with van der Waals surface area (Å²) in [7, 11) is 1.36. The van der Waals surface area contributed by atoms with Crippen LogP contribution >= 0.6 is 11.8 Å². The van der Waals surface area contributed by atoms with Crippen molar-refractivity contribution in [2.24, 2.45) is 0 Å². The molecule has 100 valence electrons. The van der Waals surface area contributed by atoms with E-state index in [0.717, 1.165) is 5.56 Å². The lowest BCUT2D eigenvalue weighted by Crippen LogP contribution is -2.14. The Hall–Kier alpha value is -1.82. The van der Waals surface area contributed by atoms with Crippen LogP contribution in [0.5, 0.6) is 0 Å². The maximum atomic E-state index is 11.3. The van der Waals surface area contributed by atoms with Crippen LogP contribution in [0.2, 0.25) is 0 Å². The molecule has 0 radical (unpaired) electrons. The van der Waals surface area contributed by atoms with E-state index in [9.17, 15) is 4.79 Å². The van der Waals surface area contributed by atoms with Crippen LogP contribution in [0, 0.1) is 0 Å². The van der Waals surface area contributed by atoms with Gasteiger partial charge in [-0.05, 0) is 12.5 Å². The maximum Gasteiger partial charge on any atom is 0.319 e. The van der Waals surface area contributed by atoms with Gasteiger partial charge in [0.1, 0.15) is 5.25 Å². The summed E-state index contributed by atoms with van der Waals surface area (Å²) in [5.41, 5.74) is 1.10. The molecular formula is C13H14N2O3S. The van der Waals surface area contributed by atoms with Gasteiger partial charge in [-0.3, -0.25) is 4.79 Å². The van der Waals surface area contributed by atoms with Gasteiger partial charge in [-0.2, -0.15) is 0 Å². The van der Waals surface area contributed by atoms with E-state index in [-0.39, 0.29) is 11.2 Å². The molecule has 0 aliphatic carbocycles. The van der Waals surface area contributed by atoms with Crippen LogP contribution in [0.4, 0.5) is 0 Å². The number of hydrogen-bond donors (Lipinski definition) is 0. The number of ether oxygens (including phenoxy) is 1. The first kappa shape index (κ1) is 13.6. The number of carbonyl (C=O) groups excluding carboxylic acids is 1. The number of methoxy groups -OCH3 is 1. The minimum absolute atomic E-state index is 0.312. The molecule has 1 atom stereocenters. The average Bonchev–Trinajstić information content (AvgIpc) is 2.86. The van der Waals surface area contributed by atoms with Crippen LogP contribution in [-0.4, -0.2) is 28.5 Å². The molecule has 0 aliphatic heterocycles. The van der Waals surface area contributed by atoms with Crippen molar-refractivity contribution in [2.45, 2.75) is 23.8 Å². The van der Waals surface area contributed by atoms with E-state index in [4.69, 9.17) is 4.42 Å². The van der Waals surface area contributed by atoms with Gasteiger partial charge in [0.15, 0.2) is 0 Å². The number of thioether (sulfide) groups is 1. The number of benzene rings is 1. The Morgan fingerprint density at radius 3 is 2.79 bits per heavy atom. The van der Waals surface area contributed by atoms with E-state index >= 15 is 0 Å². The monoisotopic (exact) mass is 278 g/mol. The molecule has 1 aromatic heterocycles. The third-order valence-electron chi connectivity index (χ3n) is 2.46. The Balaban J connectivity index is 1.98. The molecule has 19 heavy (non-hydrogen) atoms. The van der Waals surface area contributed by atoms with Crippen molar-refractivity contribution in [1.29, 1.82) is 0 Å². The molecule has 1 aromatic carbocycles. The zero-order valence-electron chi connectivity index (χ0n) is 10.7. The van der Waals surface area contributed by atoms with E-state index in [1.165, 1.54) is 18.9 Å². The zero-order valence-corrected chi connectivity index (χ0v) is 11.5. The maximum absolute atomic E-state index is 11.3. The van der Waals surface area contributed by atoms with Crippen molar-refractivity contribution in [1.82, 2.24) is 10.2 Å². The topological polar surface area (TPSA) is 65.2 Å². The highest BCUT2D eigenvalue weighted by Crippen LogP contribution is 2.23. The molecule has 0 saturated heterocycles. The van der Waals surface area contributed by atoms with Gasteiger partial charge in [0.25, 0.3) is 5.22 Å². The molecule has 1 heterocycles. The van der Waals surface area contributed by atoms with Gasteiger partial charge in [-0.15, -0.1) is 10.2 Å². The highest BCUT2D eigenvalue weighted by Gasteiger charge is 2.18. The van der Waals surface area contributed by atoms with E-state index in [0.29, 0.717) is 17.5 Å². The fraction of sp³-hybridized carbons (Fsp3) is 0.308. The summed E-state index contributed by atoms with van der Waals surface area (Å²) in [6.45, 7) is 1.73. The first-order chi connectivity index (χ1) is 9.19. The smallest absolute Gasteiger partial charge is 0.319 e. The minimum Gasteiger partial charge on any atom is -0.468 e. The van der Waals surface area contributed by atoms with Gasteiger partial charge in [-0.25, -0.2) is 0 Å². The predicted molar refractivity (Wildman–Crippen MR) is 70.9 cm³/mol. The fourth-order valence-electron chi connectivity index (χ4n) is 1.49. The highest BCUT2D eigenvalue weighted by molar-refractivity contribution is 8.00. The van der Waals surface area contributed by atoms with Gasteiger partial charge >= 0.3 is 5.97 Å². The molecule has 2 rings (SSSR count). The summed E-state index contributed by atoms with van der Waals surface area (Å²) in [6.07, 6.45) is 0.584. The molecule has 0 spiro atoms. The SMILES string of the molecule is COC(=O)C(C)Sc1nnc(Cc2ccccc2)o1. The molecular weight excluding hydrogens is 264 g/mol. The highest BCUT2D eigenvalue weighted by atomic mass is 32.2. The van der Waals surface area contributed by atoms with E-state index in [1.54, 1.807) is 6.92 Å². The molecule has 6 heteroatoms. The number of nitrogens with zero attached hydrogens (tertiary/aromatic N) is 2. The van der Waals surface area contributed by atoms with Crippen molar-refractivity contribution in [2.75, 3.05) is 7.11 Å². The Bertz CT molecular complexity index is 542. The molecule has 0 saturated carbocycles. The van der Waals surface area contributed by atoms with Gasteiger partial charge in [-0.1, -0.05) is 42.1 Å². The number of carbonyl (C=O) groups is 1. The van der Waals surface area contributed by atoms with Crippen molar-refractivity contribution >= 4 is 17.7 Å². The third-order valence-corrected chi connectivity index (χ3v) is 3.37. The van der Waals surface area contributed by atoms with E-state index in [1.807, 2.05) is 30.3 Å². The predicted octanol–water partition coefficient (Wildman–Crippen LogP) is 2.31. The summed E-state index contributed by atoms with van der Waals surface area (Å²) >= 11 is 1.19. The van der Waals surface area contributed by atoms with Crippen molar-refractivity contribution in [3.05, 3.63) is 41.8 Å². The van der Waals surface area contributed by atoms with E-state index in [2.05, 4.69) is 14.9 Å². The third kappa shape index (κ3) is 3.82.